The molecule has 0 aliphatic carbocycles. The number of carbonyl (C=O) groups is 2. The number of H-pyrrole nitrogens is 1. The molecule has 7 heteroatoms. The van der Waals surface area contributed by atoms with E-state index in [2.05, 4.69) is 21.3 Å². The minimum absolute atomic E-state index is 0.0900. The summed E-state index contributed by atoms with van der Waals surface area (Å²) in [6, 6.07) is 21.5. The summed E-state index contributed by atoms with van der Waals surface area (Å²) < 4.78 is 4.83. The van der Waals surface area contributed by atoms with Crippen LogP contribution >= 0.6 is 11.6 Å². The molecule has 0 radical (unpaired) electrons. The lowest BCUT2D eigenvalue weighted by atomic mass is 9.95. The van der Waals surface area contributed by atoms with E-state index >= 15 is 0 Å². The van der Waals surface area contributed by atoms with Crippen LogP contribution in [0.5, 0.6) is 0 Å². The fraction of sp³-hybridized carbons (Fsp3) is 0.290. The largest absolute Gasteiger partial charge is 0.469 e. The normalized spacial score (nSPS) is 14.3. The van der Waals surface area contributed by atoms with E-state index in [0.29, 0.717) is 5.02 Å². The highest BCUT2D eigenvalue weighted by Crippen LogP contribution is 2.35. The summed E-state index contributed by atoms with van der Waals surface area (Å²) in [7, 11) is 1.38. The standard InChI is InChI=1S/C31H32ClN3O3/c1-38-30(37)18-23-20-33-27-12-10-21(16-25(23)27)17-29(36)34-31(22-8-4-2-5-9-22)26-19-24(32)11-13-28(26)35-14-6-3-7-15-35/h2,4-5,8-13,16,19-20,31,33H,3,6-7,14-15,17-18H2,1H3,(H,34,36). The van der Waals surface area contributed by atoms with Crippen LogP contribution in [0.4, 0.5) is 5.69 Å². The number of hydrogen-bond donors (Lipinski definition) is 2. The second-order valence-electron chi connectivity index (χ2n) is 9.79. The molecule has 1 unspecified atom stereocenters. The number of carbonyl (C=O) groups excluding carboxylic acids is 2. The van der Waals surface area contributed by atoms with Gasteiger partial charge in [0.1, 0.15) is 0 Å². The molecule has 0 saturated carbocycles. The minimum atomic E-state index is -0.342. The van der Waals surface area contributed by atoms with E-state index in [0.717, 1.165) is 64.8 Å². The maximum atomic E-state index is 13.5. The monoisotopic (exact) mass is 529 g/mol. The van der Waals surface area contributed by atoms with Crippen molar-refractivity contribution >= 4 is 40.1 Å². The van der Waals surface area contributed by atoms with Crippen molar-refractivity contribution in [2.75, 3.05) is 25.1 Å². The van der Waals surface area contributed by atoms with Gasteiger partial charge in [-0.25, -0.2) is 0 Å². The van der Waals surface area contributed by atoms with Crippen molar-refractivity contribution in [1.29, 1.82) is 0 Å². The van der Waals surface area contributed by atoms with Crippen LogP contribution in [0.25, 0.3) is 10.9 Å². The van der Waals surface area contributed by atoms with Gasteiger partial charge >= 0.3 is 5.97 Å². The third kappa shape index (κ3) is 5.86. The first kappa shape index (κ1) is 25.9. The number of anilines is 1. The SMILES string of the molecule is COC(=O)Cc1c[nH]c2ccc(CC(=O)NC(c3ccccc3)c3cc(Cl)ccc3N3CCCCC3)cc12. The van der Waals surface area contributed by atoms with Crippen LogP contribution in [0.3, 0.4) is 0 Å². The number of nitrogens with zero attached hydrogens (tertiary/aromatic N) is 1. The Morgan fingerprint density at radius 2 is 1.79 bits per heavy atom. The maximum absolute atomic E-state index is 13.5. The molecule has 1 amide bonds. The van der Waals surface area contributed by atoms with Gasteiger partial charge in [0.25, 0.3) is 0 Å². The fourth-order valence-electron chi connectivity index (χ4n) is 5.27. The van der Waals surface area contributed by atoms with E-state index in [1.165, 1.54) is 13.5 Å². The number of nitrogens with one attached hydrogen (secondary N) is 2. The Morgan fingerprint density at radius 3 is 2.55 bits per heavy atom. The number of ether oxygens (including phenoxy) is 1. The molecular weight excluding hydrogens is 498 g/mol. The number of rotatable bonds is 8. The minimum Gasteiger partial charge on any atom is -0.469 e. The number of esters is 1. The fourth-order valence-corrected chi connectivity index (χ4v) is 5.45. The van der Waals surface area contributed by atoms with Crippen LogP contribution in [-0.2, 0) is 27.2 Å². The predicted molar refractivity (Wildman–Crippen MR) is 152 cm³/mol. The number of benzene rings is 3. The summed E-state index contributed by atoms with van der Waals surface area (Å²) in [5.74, 6) is -0.390. The molecule has 1 fully saturated rings. The van der Waals surface area contributed by atoms with Gasteiger partial charge in [0.2, 0.25) is 5.91 Å². The van der Waals surface area contributed by atoms with Crippen LogP contribution in [0.2, 0.25) is 5.02 Å². The molecule has 4 aromatic rings. The van der Waals surface area contributed by atoms with Crippen LogP contribution in [0.1, 0.15) is 47.6 Å². The number of halogens is 1. The van der Waals surface area contributed by atoms with Crippen LogP contribution in [-0.4, -0.2) is 37.1 Å². The molecular formula is C31H32ClN3O3. The Kier molecular flexibility index (Phi) is 7.99. The van der Waals surface area contributed by atoms with Crippen molar-refractivity contribution in [3.05, 3.63) is 100 Å². The number of fused-ring (bicyclic) bond motifs is 1. The van der Waals surface area contributed by atoms with Gasteiger partial charge in [-0.05, 0) is 66.3 Å². The lowest BCUT2D eigenvalue weighted by Crippen LogP contribution is -2.34. The predicted octanol–water partition coefficient (Wildman–Crippen LogP) is 5.98. The first-order chi connectivity index (χ1) is 18.5. The molecule has 1 atom stereocenters. The van der Waals surface area contributed by atoms with Gasteiger partial charge < -0.3 is 19.9 Å². The molecule has 1 saturated heterocycles. The van der Waals surface area contributed by atoms with Gasteiger partial charge in [0.15, 0.2) is 0 Å². The summed E-state index contributed by atoms with van der Waals surface area (Å²) in [6.07, 6.45) is 5.76. The maximum Gasteiger partial charge on any atom is 0.310 e. The summed E-state index contributed by atoms with van der Waals surface area (Å²) in [4.78, 5) is 30.9. The summed E-state index contributed by atoms with van der Waals surface area (Å²) >= 11 is 6.49. The number of methoxy groups -OCH3 is 1. The number of piperidine rings is 1. The van der Waals surface area contributed by atoms with E-state index in [4.69, 9.17) is 16.3 Å². The molecule has 38 heavy (non-hydrogen) atoms. The smallest absolute Gasteiger partial charge is 0.310 e. The molecule has 0 spiro atoms. The first-order valence-electron chi connectivity index (χ1n) is 13.1. The lowest BCUT2D eigenvalue weighted by molar-refractivity contribution is -0.139. The Bertz CT molecular complexity index is 1430. The molecule has 0 bridgehead atoms. The zero-order valence-corrected chi connectivity index (χ0v) is 22.3. The lowest BCUT2D eigenvalue weighted by Gasteiger charge is -2.33. The third-order valence-corrected chi connectivity index (χ3v) is 7.43. The Hall–Kier alpha value is -3.77. The number of aromatic nitrogens is 1. The molecule has 5 rings (SSSR count). The quantitative estimate of drug-likeness (QED) is 0.275. The molecule has 1 aromatic heterocycles. The summed E-state index contributed by atoms with van der Waals surface area (Å²) in [5, 5.41) is 4.86. The van der Waals surface area contributed by atoms with Crippen molar-refractivity contribution in [1.82, 2.24) is 10.3 Å². The van der Waals surface area contributed by atoms with Gasteiger partial charge in [0.05, 0.1) is 26.0 Å². The molecule has 2 N–H and O–H groups in total. The van der Waals surface area contributed by atoms with E-state index < -0.39 is 0 Å². The van der Waals surface area contributed by atoms with Crippen LogP contribution in [0, 0.1) is 0 Å². The summed E-state index contributed by atoms with van der Waals surface area (Å²) in [5.41, 5.74) is 5.75. The first-order valence-corrected chi connectivity index (χ1v) is 13.4. The number of amides is 1. The van der Waals surface area contributed by atoms with E-state index in [1.807, 2.05) is 66.9 Å². The Morgan fingerprint density at radius 1 is 1.00 bits per heavy atom. The van der Waals surface area contributed by atoms with Gasteiger partial charge in [-0.3, -0.25) is 9.59 Å². The van der Waals surface area contributed by atoms with Gasteiger partial charge in [-0.1, -0.05) is 48.0 Å². The van der Waals surface area contributed by atoms with Crippen molar-refractivity contribution < 1.29 is 14.3 Å². The second kappa shape index (κ2) is 11.7. The molecule has 1 aliphatic rings. The number of aromatic amines is 1. The number of hydrogen-bond acceptors (Lipinski definition) is 4. The van der Waals surface area contributed by atoms with Crippen molar-refractivity contribution in [2.45, 2.75) is 38.1 Å². The zero-order valence-electron chi connectivity index (χ0n) is 21.5. The Labute approximate surface area is 227 Å². The van der Waals surface area contributed by atoms with Crippen molar-refractivity contribution in [2.24, 2.45) is 0 Å². The molecule has 1 aliphatic heterocycles. The van der Waals surface area contributed by atoms with Gasteiger partial charge in [0, 0.05) is 46.5 Å². The molecule has 2 heterocycles. The zero-order chi connectivity index (χ0) is 26.5. The third-order valence-electron chi connectivity index (χ3n) is 7.19. The molecule has 6 nitrogen and oxygen atoms in total. The summed E-state index contributed by atoms with van der Waals surface area (Å²) in [6.45, 7) is 1.99. The van der Waals surface area contributed by atoms with Crippen molar-refractivity contribution in [3.63, 3.8) is 0 Å². The second-order valence-corrected chi connectivity index (χ2v) is 10.2. The van der Waals surface area contributed by atoms with Crippen LogP contribution in [0.15, 0.2) is 72.9 Å². The molecule has 196 valence electrons. The topological polar surface area (TPSA) is 74.4 Å². The molecule has 3 aromatic carbocycles. The van der Waals surface area contributed by atoms with Gasteiger partial charge in [-0.15, -0.1) is 0 Å². The average Bonchev–Trinajstić information content (AvgIpc) is 3.34. The highest BCUT2D eigenvalue weighted by molar-refractivity contribution is 6.30. The van der Waals surface area contributed by atoms with Gasteiger partial charge in [-0.2, -0.15) is 0 Å². The van der Waals surface area contributed by atoms with E-state index in [9.17, 15) is 9.59 Å². The van der Waals surface area contributed by atoms with Crippen molar-refractivity contribution in [3.8, 4) is 0 Å². The van der Waals surface area contributed by atoms with Crippen LogP contribution < -0.4 is 10.2 Å². The average molecular weight is 530 g/mol. The Balaban J connectivity index is 1.43. The highest BCUT2D eigenvalue weighted by atomic mass is 35.5. The van der Waals surface area contributed by atoms with E-state index in [1.54, 1.807) is 0 Å². The highest BCUT2D eigenvalue weighted by Gasteiger charge is 2.24. The van der Waals surface area contributed by atoms with E-state index in [-0.39, 0.29) is 30.8 Å².